The molecule has 0 aromatic carbocycles. The predicted octanol–water partition coefficient (Wildman–Crippen LogP) is 1.03. The summed E-state index contributed by atoms with van der Waals surface area (Å²) in [6.45, 7) is 0. The van der Waals surface area contributed by atoms with Crippen LogP contribution in [0.4, 0.5) is 5.69 Å². The lowest BCUT2D eigenvalue weighted by Gasteiger charge is -1.97. The minimum atomic E-state index is -0.129. The van der Waals surface area contributed by atoms with Crippen molar-refractivity contribution in [1.82, 2.24) is 5.16 Å². The molecule has 4 heteroatoms. The number of terminal acetylenes is 1. The summed E-state index contributed by atoms with van der Waals surface area (Å²) in [5, 5.41) is 5.99. The molecule has 1 heterocycles. The van der Waals surface area contributed by atoms with Crippen LogP contribution in [0.2, 0.25) is 0 Å². The summed E-state index contributed by atoms with van der Waals surface area (Å²) in [5.41, 5.74) is 0.553. The average Bonchev–Trinajstić information content (AvgIpc) is 2.53. The van der Waals surface area contributed by atoms with Crippen LogP contribution in [-0.4, -0.2) is 11.1 Å². The Labute approximate surface area is 69.9 Å². The zero-order valence-electron chi connectivity index (χ0n) is 6.41. The van der Waals surface area contributed by atoms with E-state index in [0.717, 1.165) is 0 Å². The van der Waals surface area contributed by atoms with E-state index < -0.39 is 0 Å². The van der Waals surface area contributed by atoms with E-state index in [1.807, 2.05) is 0 Å². The Bertz CT molecular complexity index is 285. The molecule has 12 heavy (non-hydrogen) atoms. The zero-order valence-corrected chi connectivity index (χ0v) is 6.41. The molecular weight excluding hydrogens is 156 g/mol. The lowest BCUT2D eigenvalue weighted by molar-refractivity contribution is -0.116. The molecule has 1 aromatic rings. The van der Waals surface area contributed by atoms with E-state index in [9.17, 15) is 4.79 Å². The summed E-state index contributed by atoms with van der Waals surface area (Å²) in [7, 11) is 0. The van der Waals surface area contributed by atoms with Gasteiger partial charge in [-0.05, 0) is 0 Å². The Morgan fingerprint density at radius 1 is 1.83 bits per heavy atom. The number of nitrogens with zero attached hydrogens (tertiary/aromatic N) is 1. The van der Waals surface area contributed by atoms with Crippen LogP contribution >= 0.6 is 0 Å². The maximum Gasteiger partial charge on any atom is 0.225 e. The smallest absolute Gasteiger partial charge is 0.225 e. The van der Waals surface area contributed by atoms with Crippen LogP contribution < -0.4 is 5.32 Å². The number of hydrogen-bond acceptors (Lipinski definition) is 3. The van der Waals surface area contributed by atoms with Crippen molar-refractivity contribution in [1.29, 1.82) is 0 Å². The van der Waals surface area contributed by atoms with Crippen LogP contribution in [0.1, 0.15) is 12.8 Å². The number of anilines is 1. The van der Waals surface area contributed by atoms with Gasteiger partial charge in [-0.15, -0.1) is 12.3 Å². The first kappa shape index (κ1) is 8.34. The second-order valence-corrected chi connectivity index (χ2v) is 2.17. The van der Waals surface area contributed by atoms with Crippen molar-refractivity contribution in [3.05, 3.63) is 12.5 Å². The zero-order chi connectivity index (χ0) is 8.81. The highest BCUT2D eigenvalue weighted by molar-refractivity contribution is 5.90. The molecule has 0 aliphatic rings. The minimum absolute atomic E-state index is 0.129. The fourth-order valence-electron chi connectivity index (χ4n) is 0.676. The van der Waals surface area contributed by atoms with E-state index in [0.29, 0.717) is 18.5 Å². The van der Waals surface area contributed by atoms with Gasteiger partial charge in [-0.1, -0.05) is 5.16 Å². The van der Waals surface area contributed by atoms with E-state index in [2.05, 4.69) is 20.9 Å². The van der Waals surface area contributed by atoms with Crippen LogP contribution in [-0.2, 0) is 4.79 Å². The summed E-state index contributed by atoms with van der Waals surface area (Å²) in [6, 6.07) is 0. The minimum Gasteiger partial charge on any atom is -0.363 e. The van der Waals surface area contributed by atoms with Gasteiger partial charge in [0.1, 0.15) is 12.0 Å². The summed E-state index contributed by atoms with van der Waals surface area (Å²) in [4.78, 5) is 11.0. The number of aromatic nitrogens is 1. The summed E-state index contributed by atoms with van der Waals surface area (Å²) < 4.78 is 4.51. The van der Waals surface area contributed by atoms with Gasteiger partial charge in [-0.25, -0.2) is 0 Å². The second kappa shape index (κ2) is 4.19. The SMILES string of the molecule is C#CCCC(=O)Nc1cnoc1. The van der Waals surface area contributed by atoms with E-state index in [-0.39, 0.29) is 5.91 Å². The van der Waals surface area contributed by atoms with Crippen molar-refractivity contribution in [2.45, 2.75) is 12.8 Å². The number of carbonyl (C=O) groups is 1. The first-order valence-electron chi connectivity index (χ1n) is 3.45. The molecule has 0 radical (unpaired) electrons. The summed E-state index contributed by atoms with van der Waals surface area (Å²) >= 11 is 0. The highest BCUT2D eigenvalue weighted by Gasteiger charge is 2.01. The van der Waals surface area contributed by atoms with Crippen LogP contribution in [0.5, 0.6) is 0 Å². The highest BCUT2D eigenvalue weighted by atomic mass is 16.5. The van der Waals surface area contributed by atoms with E-state index in [4.69, 9.17) is 6.42 Å². The molecule has 1 N–H and O–H groups in total. The summed E-state index contributed by atoms with van der Waals surface area (Å²) in [6.07, 6.45) is 8.53. The molecule has 1 aromatic heterocycles. The molecule has 0 aliphatic carbocycles. The largest absolute Gasteiger partial charge is 0.363 e. The Hall–Kier alpha value is -1.76. The molecule has 4 nitrogen and oxygen atoms in total. The predicted molar refractivity (Wildman–Crippen MR) is 43.2 cm³/mol. The van der Waals surface area contributed by atoms with Gasteiger partial charge in [-0.3, -0.25) is 4.79 Å². The molecular formula is C8H8N2O2. The van der Waals surface area contributed by atoms with Gasteiger partial charge in [0.2, 0.25) is 5.91 Å². The van der Waals surface area contributed by atoms with Gasteiger partial charge in [0.25, 0.3) is 0 Å². The second-order valence-electron chi connectivity index (χ2n) is 2.17. The topological polar surface area (TPSA) is 55.1 Å². The molecule has 0 saturated carbocycles. The van der Waals surface area contributed by atoms with E-state index in [1.165, 1.54) is 12.5 Å². The van der Waals surface area contributed by atoms with Crippen LogP contribution in [0.3, 0.4) is 0 Å². The van der Waals surface area contributed by atoms with Crippen molar-refractivity contribution < 1.29 is 9.32 Å². The Morgan fingerprint density at radius 3 is 3.25 bits per heavy atom. The number of rotatable bonds is 3. The Kier molecular flexibility index (Phi) is 2.91. The fraction of sp³-hybridized carbons (Fsp3) is 0.250. The van der Waals surface area contributed by atoms with Gasteiger partial charge in [0, 0.05) is 12.8 Å². The third-order valence-electron chi connectivity index (χ3n) is 1.21. The molecule has 0 bridgehead atoms. The number of amides is 1. The molecule has 0 atom stereocenters. The lowest BCUT2D eigenvalue weighted by Crippen LogP contribution is -2.09. The van der Waals surface area contributed by atoms with Gasteiger partial charge in [0.05, 0.1) is 6.20 Å². The number of carbonyl (C=O) groups excluding carboxylic acids is 1. The molecule has 0 fully saturated rings. The quantitative estimate of drug-likeness (QED) is 0.679. The molecule has 0 aliphatic heterocycles. The van der Waals surface area contributed by atoms with E-state index >= 15 is 0 Å². The Morgan fingerprint density at radius 2 is 2.67 bits per heavy atom. The van der Waals surface area contributed by atoms with Crippen LogP contribution in [0.15, 0.2) is 17.0 Å². The maximum atomic E-state index is 11.0. The molecule has 62 valence electrons. The highest BCUT2D eigenvalue weighted by Crippen LogP contribution is 2.04. The normalized spacial score (nSPS) is 8.92. The molecule has 0 unspecified atom stereocenters. The average molecular weight is 164 g/mol. The van der Waals surface area contributed by atoms with Gasteiger partial charge >= 0.3 is 0 Å². The first-order chi connectivity index (χ1) is 5.83. The standard InChI is InChI=1S/C8H8N2O2/c1-2-3-4-8(11)10-7-5-9-12-6-7/h1,5-6H,3-4H2,(H,10,11). The third-order valence-corrected chi connectivity index (χ3v) is 1.21. The van der Waals surface area contributed by atoms with Gasteiger partial charge in [-0.2, -0.15) is 0 Å². The maximum absolute atomic E-state index is 11.0. The van der Waals surface area contributed by atoms with Crippen molar-refractivity contribution in [3.63, 3.8) is 0 Å². The van der Waals surface area contributed by atoms with Crippen molar-refractivity contribution in [2.24, 2.45) is 0 Å². The van der Waals surface area contributed by atoms with Crippen LogP contribution in [0, 0.1) is 12.3 Å². The van der Waals surface area contributed by atoms with E-state index in [1.54, 1.807) is 0 Å². The molecule has 1 rings (SSSR count). The van der Waals surface area contributed by atoms with Gasteiger partial charge < -0.3 is 9.84 Å². The monoisotopic (exact) mass is 164 g/mol. The van der Waals surface area contributed by atoms with Crippen molar-refractivity contribution >= 4 is 11.6 Å². The molecule has 1 amide bonds. The first-order valence-corrected chi connectivity index (χ1v) is 3.45. The number of nitrogens with one attached hydrogen (secondary N) is 1. The van der Waals surface area contributed by atoms with Crippen molar-refractivity contribution in [2.75, 3.05) is 5.32 Å². The Balaban J connectivity index is 2.33. The third kappa shape index (κ3) is 2.46. The number of hydrogen-bond donors (Lipinski definition) is 1. The molecule has 0 saturated heterocycles. The van der Waals surface area contributed by atoms with Gasteiger partial charge in [0.15, 0.2) is 0 Å². The lowest BCUT2D eigenvalue weighted by atomic mass is 10.3. The van der Waals surface area contributed by atoms with Crippen LogP contribution in [0.25, 0.3) is 0 Å². The summed E-state index contributed by atoms with van der Waals surface area (Å²) in [5.74, 6) is 2.25. The van der Waals surface area contributed by atoms with Crippen molar-refractivity contribution in [3.8, 4) is 12.3 Å². The fourth-order valence-corrected chi connectivity index (χ4v) is 0.676. The molecule has 0 spiro atoms.